The Morgan fingerprint density at radius 1 is 1.24 bits per heavy atom. The van der Waals surface area contributed by atoms with Gasteiger partial charge in [0.2, 0.25) is 0 Å². The number of likely N-dealkylation sites (tertiary alicyclic amines) is 1. The summed E-state index contributed by atoms with van der Waals surface area (Å²) in [6.45, 7) is 2.18. The highest BCUT2D eigenvalue weighted by atomic mass is 15.2. The van der Waals surface area contributed by atoms with Crippen molar-refractivity contribution in [3.05, 3.63) is 35.9 Å². The molecule has 2 heteroatoms. The molecule has 0 aromatic heterocycles. The number of fused-ring (bicyclic) bond motifs is 2. The summed E-state index contributed by atoms with van der Waals surface area (Å²) in [5.74, 6) is 0.939. The Morgan fingerprint density at radius 3 is 2.82 bits per heavy atom. The molecule has 1 aromatic rings. The second-order valence-corrected chi connectivity index (χ2v) is 5.38. The van der Waals surface area contributed by atoms with Gasteiger partial charge in [-0.05, 0) is 30.7 Å². The van der Waals surface area contributed by atoms with E-state index >= 15 is 0 Å². The SMILES string of the molecule is N#C[C@H]1CC[C@@H]2C[C@H]1CN2Cc1ccccc1. The molecule has 2 aliphatic rings. The van der Waals surface area contributed by atoms with Gasteiger partial charge in [-0.1, -0.05) is 30.3 Å². The fourth-order valence-electron chi connectivity index (χ4n) is 3.40. The van der Waals surface area contributed by atoms with E-state index in [1.165, 1.54) is 18.4 Å². The average Bonchev–Trinajstić information content (AvgIpc) is 2.68. The van der Waals surface area contributed by atoms with Crippen LogP contribution in [-0.2, 0) is 6.54 Å². The van der Waals surface area contributed by atoms with E-state index in [4.69, 9.17) is 5.26 Å². The smallest absolute Gasteiger partial charge is 0.0659 e. The van der Waals surface area contributed by atoms with Gasteiger partial charge in [-0.2, -0.15) is 5.26 Å². The first-order valence-electron chi connectivity index (χ1n) is 6.54. The fraction of sp³-hybridized carbons (Fsp3) is 0.533. The van der Waals surface area contributed by atoms with Crippen LogP contribution in [0.3, 0.4) is 0 Å². The molecule has 1 aromatic carbocycles. The zero-order valence-corrected chi connectivity index (χ0v) is 10.0. The molecule has 1 saturated carbocycles. The molecule has 0 unspecified atom stereocenters. The molecule has 2 bridgehead atoms. The lowest BCUT2D eigenvalue weighted by Gasteiger charge is -2.25. The van der Waals surface area contributed by atoms with Crippen LogP contribution >= 0.6 is 0 Å². The van der Waals surface area contributed by atoms with E-state index in [0.717, 1.165) is 25.6 Å². The molecule has 88 valence electrons. The zero-order valence-electron chi connectivity index (χ0n) is 10.0. The molecule has 0 N–H and O–H groups in total. The van der Waals surface area contributed by atoms with Crippen molar-refractivity contribution < 1.29 is 0 Å². The quantitative estimate of drug-likeness (QED) is 0.775. The van der Waals surface area contributed by atoms with Crippen LogP contribution < -0.4 is 0 Å². The van der Waals surface area contributed by atoms with Gasteiger partial charge in [-0.3, -0.25) is 4.90 Å². The van der Waals surface area contributed by atoms with E-state index in [0.29, 0.717) is 11.8 Å². The predicted octanol–water partition coefficient (Wildman–Crippen LogP) is 2.81. The zero-order chi connectivity index (χ0) is 11.7. The summed E-state index contributed by atoms with van der Waals surface area (Å²) in [6.07, 6.45) is 3.56. The van der Waals surface area contributed by atoms with Gasteiger partial charge in [0, 0.05) is 19.1 Å². The summed E-state index contributed by atoms with van der Waals surface area (Å²) in [4.78, 5) is 2.58. The first-order valence-corrected chi connectivity index (χ1v) is 6.54. The average molecular weight is 226 g/mol. The van der Waals surface area contributed by atoms with Gasteiger partial charge >= 0.3 is 0 Å². The van der Waals surface area contributed by atoms with E-state index in [9.17, 15) is 0 Å². The minimum atomic E-state index is 0.312. The third-order valence-corrected chi connectivity index (χ3v) is 4.33. The van der Waals surface area contributed by atoms with Crippen LogP contribution in [0.15, 0.2) is 30.3 Å². The molecule has 3 atom stereocenters. The van der Waals surface area contributed by atoms with Crippen LogP contribution in [0.4, 0.5) is 0 Å². The summed E-state index contributed by atoms with van der Waals surface area (Å²) in [7, 11) is 0. The van der Waals surface area contributed by atoms with Crippen LogP contribution in [0.2, 0.25) is 0 Å². The molecule has 3 rings (SSSR count). The predicted molar refractivity (Wildman–Crippen MR) is 67.1 cm³/mol. The minimum absolute atomic E-state index is 0.312. The maximum absolute atomic E-state index is 9.12. The number of rotatable bonds is 2. The largest absolute Gasteiger partial charge is 0.296 e. The highest BCUT2D eigenvalue weighted by molar-refractivity contribution is 5.15. The lowest BCUT2D eigenvalue weighted by Crippen LogP contribution is -2.28. The van der Waals surface area contributed by atoms with E-state index in [2.05, 4.69) is 41.3 Å². The van der Waals surface area contributed by atoms with Crippen LogP contribution in [0.5, 0.6) is 0 Å². The molecule has 0 amide bonds. The molecule has 2 fully saturated rings. The molecular formula is C15H18N2. The van der Waals surface area contributed by atoms with Crippen molar-refractivity contribution >= 4 is 0 Å². The maximum Gasteiger partial charge on any atom is 0.0659 e. The van der Waals surface area contributed by atoms with Gasteiger partial charge in [-0.25, -0.2) is 0 Å². The monoisotopic (exact) mass is 226 g/mol. The van der Waals surface area contributed by atoms with Crippen LogP contribution in [0.25, 0.3) is 0 Å². The third-order valence-electron chi connectivity index (χ3n) is 4.33. The summed E-state index contributed by atoms with van der Waals surface area (Å²) in [5, 5.41) is 9.12. The third kappa shape index (κ3) is 2.08. The van der Waals surface area contributed by atoms with Crippen molar-refractivity contribution in [1.82, 2.24) is 4.90 Å². The molecule has 17 heavy (non-hydrogen) atoms. The van der Waals surface area contributed by atoms with E-state index in [1.807, 2.05) is 0 Å². The van der Waals surface area contributed by atoms with Crippen molar-refractivity contribution in [2.24, 2.45) is 11.8 Å². The highest BCUT2D eigenvalue weighted by Crippen LogP contribution is 2.39. The molecule has 1 saturated heterocycles. The Balaban J connectivity index is 1.69. The van der Waals surface area contributed by atoms with Crippen molar-refractivity contribution in [2.45, 2.75) is 31.8 Å². The Hall–Kier alpha value is -1.33. The Labute approximate surface area is 103 Å². The molecular weight excluding hydrogens is 208 g/mol. The fourth-order valence-corrected chi connectivity index (χ4v) is 3.40. The van der Waals surface area contributed by atoms with Crippen molar-refractivity contribution in [2.75, 3.05) is 6.54 Å². The normalized spacial score (nSPS) is 32.3. The van der Waals surface area contributed by atoms with Crippen LogP contribution in [-0.4, -0.2) is 17.5 Å². The lowest BCUT2D eigenvalue weighted by molar-refractivity contribution is 0.234. The second-order valence-electron chi connectivity index (χ2n) is 5.38. The number of nitriles is 1. The van der Waals surface area contributed by atoms with Gasteiger partial charge in [0.25, 0.3) is 0 Å². The number of benzene rings is 1. The minimum Gasteiger partial charge on any atom is -0.296 e. The van der Waals surface area contributed by atoms with Crippen molar-refractivity contribution in [3.63, 3.8) is 0 Å². The topological polar surface area (TPSA) is 27.0 Å². The Kier molecular flexibility index (Phi) is 2.86. The van der Waals surface area contributed by atoms with E-state index in [1.54, 1.807) is 0 Å². The van der Waals surface area contributed by atoms with Gasteiger partial charge in [-0.15, -0.1) is 0 Å². The molecule has 1 aliphatic heterocycles. The van der Waals surface area contributed by atoms with Crippen LogP contribution in [0.1, 0.15) is 24.8 Å². The van der Waals surface area contributed by atoms with E-state index in [-0.39, 0.29) is 0 Å². The van der Waals surface area contributed by atoms with Gasteiger partial charge in [0.05, 0.1) is 12.0 Å². The van der Waals surface area contributed by atoms with Crippen molar-refractivity contribution in [1.29, 1.82) is 5.26 Å². The lowest BCUT2D eigenvalue weighted by atomic mass is 9.81. The Morgan fingerprint density at radius 2 is 2.06 bits per heavy atom. The van der Waals surface area contributed by atoms with Gasteiger partial charge < -0.3 is 0 Å². The first-order chi connectivity index (χ1) is 8.36. The van der Waals surface area contributed by atoms with Crippen LogP contribution in [0, 0.1) is 23.2 Å². The van der Waals surface area contributed by atoms with Gasteiger partial charge in [0.15, 0.2) is 0 Å². The summed E-state index contributed by atoms with van der Waals surface area (Å²) < 4.78 is 0. The molecule has 1 heterocycles. The highest BCUT2D eigenvalue weighted by Gasteiger charge is 2.40. The number of hydrogen-bond acceptors (Lipinski definition) is 2. The standard InChI is InChI=1S/C15H18N2/c16-9-13-6-7-15-8-14(13)11-17(15)10-12-4-2-1-3-5-12/h1-5,13-15H,6-8,10-11H2/t13-,14+,15-/m1/s1. The molecule has 0 radical (unpaired) electrons. The molecule has 1 aliphatic carbocycles. The first kappa shape index (κ1) is 10.8. The molecule has 2 nitrogen and oxygen atoms in total. The maximum atomic E-state index is 9.12. The summed E-state index contributed by atoms with van der Waals surface area (Å²) in [5.41, 5.74) is 1.40. The van der Waals surface area contributed by atoms with Gasteiger partial charge in [0.1, 0.15) is 0 Å². The summed E-state index contributed by atoms with van der Waals surface area (Å²) >= 11 is 0. The number of nitrogens with zero attached hydrogens (tertiary/aromatic N) is 2. The Bertz CT molecular complexity index is 420. The molecule has 0 spiro atoms. The van der Waals surface area contributed by atoms with Crippen molar-refractivity contribution in [3.8, 4) is 6.07 Å². The second kappa shape index (κ2) is 4.50. The number of hydrogen-bond donors (Lipinski definition) is 0. The summed E-state index contributed by atoms with van der Waals surface area (Å²) in [6, 6.07) is 13.9. The van der Waals surface area contributed by atoms with E-state index < -0.39 is 0 Å².